The molecule has 0 spiro atoms. The van der Waals surface area contributed by atoms with Gasteiger partial charge in [-0.05, 0) is 18.4 Å². The monoisotopic (exact) mass is 319 g/mol. The SMILES string of the molecule is CCc1sc2nc(N3CCN(C=O)CC3)nc(N)c2c1CC. The summed E-state index contributed by atoms with van der Waals surface area (Å²) in [6.45, 7) is 7.21. The number of anilines is 2. The molecule has 0 bridgehead atoms. The van der Waals surface area contributed by atoms with Gasteiger partial charge in [0.2, 0.25) is 12.4 Å². The number of hydrogen-bond acceptors (Lipinski definition) is 6. The van der Waals surface area contributed by atoms with E-state index in [1.54, 1.807) is 16.2 Å². The van der Waals surface area contributed by atoms with Crippen LogP contribution in [0.3, 0.4) is 0 Å². The van der Waals surface area contributed by atoms with Gasteiger partial charge in [-0.1, -0.05) is 13.8 Å². The van der Waals surface area contributed by atoms with E-state index >= 15 is 0 Å². The maximum atomic E-state index is 10.8. The number of nitrogen functional groups attached to an aromatic ring is 1. The van der Waals surface area contributed by atoms with E-state index in [1.807, 2.05) is 0 Å². The second-order valence-electron chi connectivity index (χ2n) is 5.43. The summed E-state index contributed by atoms with van der Waals surface area (Å²) in [5, 5.41) is 1.03. The first-order chi connectivity index (χ1) is 10.7. The average molecular weight is 319 g/mol. The Morgan fingerprint density at radius 2 is 1.91 bits per heavy atom. The van der Waals surface area contributed by atoms with E-state index in [1.165, 1.54) is 10.4 Å². The lowest BCUT2D eigenvalue weighted by Gasteiger charge is -2.32. The minimum absolute atomic E-state index is 0.575. The summed E-state index contributed by atoms with van der Waals surface area (Å²) in [6.07, 6.45) is 2.85. The van der Waals surface area contributed by atoms with Gasteiger partial charge in [-0.2, -0.15) is 4.98 Å². The van der Waals surface area contributed by atoms with Crippen molar-refractivity contribution in [2.75, 3.05) is 36.8 Å². The third-order valence-electron chi connectivity index (χ3n) is 4.17. The number of nitrogens with two attached hydrogens (primary N) is 1. The average Bonchev–Trinajstić information content (AvgIpc) is 2.93. The van der Waals surface area contributed by atoms with Crippen LogP contribution in [-0.2, 0) is 17.6 Å². The van der Waals surface area contributed by atoms with Crippen LogP contribution in [0.4, 0.5) is 11.8 Å². The Morgan fingerprint density at radius 3 is 2.50 bits per heavy atom. The predicted octanol–water partition coefficient (Wildman–Crippen LogP) is 1.68. The minimum atomic E-state index is 0.575. The van der Waals surface area contributed by atoms with Crippen LogP contribution in [0.5, 0.6) is 0 Å². The van der Waals surface area contributed by atoms with E-state index in [0.717, 1.165) is 42.6 Å². The van der Waals surface area contributed by atoms with Crippen molar-refractivity contribution in [3.05, 3.63) is 10.4 Å². The van der Waals surface area contributed by atoms with E-state index in [9.17, 15) is 4.79 Å². The lowest BCUT2D eigenvalue weighted by Crippen LogP contribution is -2.46. The van der Waals surface area contributed by atoms with Gasteiger partial charge < -0.3 is 15.5 Å². The van der Waals surface area contributed by atoms with Crippen molar-refractivity contribution in [2.24, 2.45) is 0 Å². The molecule has 118 valence electrons. The normalized spacial score (nSPS) is 15.5. The Hall–Kier alpha value is -1.89. The fourth-order valence-corrected chi connectivity index (χ4v) is 4.15. The fourth-order valence-electron chi connectivity index (χ4n) is 2.95. The van der Waals surface area contributed by atoms with Crippen LogP contribution < -0.4 is 10.6 Å². The highest BCUT2D eigenvalue weighted by Crippen LogP contribution is 2.35. The van der Waals surface area contributed by atoms with Gasteiger partial charge in [0.1, 0.15) is 10.6 Å². The highest BCUT2D eigenvalue weighted by atomic mass is 32.1. The quantitative estimate of drug-likeness (QED) is 0.868. The molecule has 6 nitrogen and oxygen atoms in total. The molecule has 22 heavy (non-hydrogen) atoms. The number of carbonyl (C=O) groups excluding carboxylic acids is 1. The number of thiophene rings is 1. The lowest BCUT2D eigenvalue weighted by atomic mass is 10.1. The van der Waals surface area contributed by atoms with Crippen molar-refractivity contribution in [3.63, 3.8) is 0 Å². The van der Waals surface area contributed by atoms with E-state index in [2.05, 4.69) is 23.7 Å². The minimum Gasteiger partial charge on any atom is -0.383 e. The summed E-state index contributed by atoms with van der Waals surface area (Å²) in [5.74, 6) is 1.26. The summed E-state index contributed by atoms with van der Waals surface area (Å²) in [5.41, 5.74) is 7.51. The van der Waals surface area contributed by atoms with Gasteiger partial charge in [0.05, 0.1) is 5.39 Å². The molecule has 0 unspecified atom stereocenters. The van der Waals surface area contributed by atoms with Crippen LogP contribution in [0.2, 0.25) is 0 Å². The summed E-state index contributed by atoms with van der Waals surface area (Å²) >= 11 is 1.72. The molecule has 1 aliphatic rings. The number of piperazine rings is 1. The topological polar surface area (TPSA) is 75.4 Å². The van der Waals surface area contributed by atoms with Gasteiger partial charge in [-0.15, -0.1) is 11.3 Å². The van der Waals surface area contributed by atoms with E-state index in [4.69, 9.17) is 10.7 Å². The number of carbonyl (C=O) groups is 1. The second kappa shape index (κ2) is 6.08. The smallest absolute Gasteiger partial charge is 0.228 e. The van der Waals surface area contributed by atoms with Crippen LogP contribution >= 0.6 is 11.3 Å². The highest BCUT2D eigenvalue weighted by Gasteiger charge is 2.21. The molecule has 2 aromatic heterocycles. The largest absolute Gasteiger partial charge is 0.383 e. The van der Waals surface area contributed by atoms with Gasteiger partial charge in [0, 0.05) is 31.1 Å². The third kappa shape index (κ3) is 2.49. The molecule has 1 amide bonds. The zero-order valence-electron chi connectivity index (χ0n) is 13.0. The molecule has 0 radical (unpaired) electrons. The highest BCUT2D eigenvalue weighted by molar-refractivity contribution is 7.19. The van der Waals surface area contributed by atoms with Crippen molar-refractivity contribution >= 4 is 39.7 Å². The zero-order chi connectivity index (χ0) is 15.7. The molecule has 1 aliphatic heterocycles. The molecule has 0 saturated carbocycles. The Morgan fingerprint density at radius 1 is 1.18 bits per heavy atom. The maximum absolute atomic E-state index is 10.8. The predicted molar refractivity (Wildman–Crippen MR) is 90.4 cm³/mol. The van der Waals surface area contributed by atoms with Gasteiger partial charge in [0.15, 0.2) is 0 Å². The van der Waals surface area contributed by atoms with Gasteiger partial charge in [-0.3, -0.25) is 4.79 Å². The fraction of sp³-hybridized carbons (Fsp3) is 0.533. The summed E-state index contributed by atoms with van der Waals surface area (Å²) in [7, 11) is 0. The van der Waals surface area contributed by atoms with Crippen LogP contribution in [-0.4, -0.2) is 47.5 Å². The molecule has 0 aromatic carbocycles. The van der Waals surface area contributed by atoms with Gasteiger partial charge in [0.25, 0.3) is 0 Å². The number of aryl methyl sites for hydroxylation is 2. The Kier molecular flexibility index (Phi) is 4.15. The number of rotatable bonds is 4. The van der Waals surface area contributed by atoms with Gasteiger partial charge in [-0.25, -0.2) is 4.98 Å². The standard InChI is InChI=1S/C15H21N5OS/c1-3-10-11(4-2)22-14-12(10)13(16)17-15(18-14)20-7-5-19(9-21)6-8-20/h9H,3-8H2,1-2H3,(H2,16,17,18). The molecule has 7 heteroatoms. The maximum Gasteiger partial charge on any atom is 0.228 e. The Labute approximate surface area is 133 Å². The number of amides is 1. The molecule has 3 heterocycles. The first kappa shape index (κ1) is 15.0. The Bertz CT molecular complexity index is 691. The van der Waals surface area contributed by atoms with Crippen molar-refractivity contribution in [1.82, 2.24) is 14.9 Å². The molecule has 3 rings (SSSR count). The van der Waals surface area contributed by atoms with E-state index in [-0.39, 0.29) is 0 Å². The van der Waals surface area contributed by atoms with Gasteiger partial charge >= 0.3 is 0 Å². The molecule has 1 saturated heterocycles. The molecule has 0 aliphatic carbocycles. The first-order valence-corrected chi connectivity index (χ1v) is 8.51. The summed E-state index contributed by atoms with van der Waals surface area (Å²) in [4.78, 5) is 26.3. The van der Waals surface area contributed by atoms with Crippen LogP contribution in [0.1, 0.15) is 24.3 Å². The first-order valence-electron chi connectivity index (χ1n) is 7.70. The third-order valence-corrected chi connectivity index (χ3v) is 5.44. The Balaban J connectivity index is 1.97. The van der Waals surface area contributed by atoms with Crippen molar-refractivity contribution in [3.8, 4) is 0 Å². The number of hydrogen-bond donors (Lipinski definition) is 1. The van der Waals surface area contributed by atoms with Crippen LogP contribution in [0.15, 0.2) is 0 Å². The molecular weight excluding hydrogens is 298 g/mol. The van der Waals surface area contributed by atoms with E-state index < -0.39 is 0 Å². The van der Waals surface area contributed by atoms with Crippen molar-refractivity contribution in [1.29, 1.82) is 0 Å². The van der Waals surface area contributed by atoms with Crippen molar-refractivity contribution in [2.45, 2.75) is 26.7 Å². The van der Waals surface area contributed by atoms with Crippen LogP contribution in [0.25, 0.3) is 10.2 Å². The molecule has 2 N–H and O–H groups in total. The number of fused-ring (bicyclic) bond motifs is 1. The number of aromatic nitrogens is 2. The van der Waals surface area contributed by atoms with Crippen molar-refractivity contribution < 1.29 is 4.79 Å². The second-order valence-corrected chi connectivity index (χ2v) is 6.51. The zero-order valence-corrected chi connectivity index (χ0v) is 13.8. The van der Waals surface area contributed by atoms with Crippen LogP contribution in [0, 0.1) is 0 Å². The molecule has 2 aromatic rings. The lowest BCUT2D eigenvalue weighted by molar-refractivity contribution is -0.118. The summed E-state index contributed by atoms with van der Waals surface area (Å²) in [6, 6.07) is 0. The molecule has 1 fully saturated rings. The summed E-state index contributed by atoms with van der Waals surface area (Å²) < 4.78 is 0. The number of nitrogens with zero attached hydrogens (tertiary/aromatic N) is 4. The molecular formula is C15H21N5OS. The van der Waals surface area contributed by atoms with E-state index in [0.29, 0.717) is 24.9 Å². The molecule has 0 atom stereocenters.